The molecule has 0 unspecified atom stereocenters. The summed E-state index contributed by atoms with van der Waals surface area (Å²) in [5.41, 5.74) is 7.97. The maximum atomic E-state index is 13.5. The molecule has 0 heterocycles. The van der Waals surface area contributed by atoms with E-state index in [-0.39, 0.29) is 5.69 Å². The van der Waals surface area contributed by atoms with Gasteiger partial charge in [0.2, 0.25) is 0 Å². The normalized spacial score (nSPS) is 10.5. The Bertz CT molecular complexity index is 597. The Balaban J connectivity index is 2.54. The smallest absolute Gasteiger partial charge is 0.151 e. The summed E-state index contributed by atoms with van der Waals surface area (Å²) in [5.74, 6) is -1.37. The van der Waals surface area contributed by atoms with Gasteiger partial charge in [-0.15, -0.1) is 0 Å². The van der Waals surface area contributed by atoms with Gasteiger partial charge >= 0.3 is 0 Å². The summed E-state index contributed by atoms with van der Waals surface area (Å²) < 4.78 is 26.9. The van der Waals surface area contributed by atoms with E-state index in [4.69, 9.17) is 5.73 Å². The third-order valence-electron chi connectivity index (χ3n) is 2.99. The number of hydrogen-bond acceptors (Lipinski definition) is 2. The number of nitrogens with two attached hydrogens (primary N) is 1. The number of anilines is 3. The molecule has 100 valence electrons. The predicted octanol–water partition coefficient (Wildman–Crippen LogP) is 4.01. The molecule has 0 aliphatic rings. The van der Waals surface area contributed by atoms with Gasteiger partial charge in [-0.05, 0) is 37.6 Å². The zero-order valence-electron chi connectivity index (χ0n) is 11.0. The van der Waals surface area contributed by atoms with Crippen LogP contribution in [0.25, 0.3) is 0 Å². The molecule has 2 aromatic rings. The highest BCUT2D eigenvalue weighted by Crippen LogP contribution is 2.33. The third kappa shape index (κ3) is 2.67. The molecule has 0 amide bonds. The lowest BCUT2D eigenvalue weighted by Crippen LogP contribution is -2.18. The molecule has 2 aromatic carbocycles. The molecule has 2 N–H and O–H groups in total. The molecule has 0 aromatic heterocycles. The highest BCUT2D eigenvalue weighted by molar-refractivity contribution is 5.75. The standard InChI is InChI=1S/C15H16F2N2/c1-3-19(12-6-4-5-10(2)7-12)14-9-11(16)8-13(17)15(14)18/h4-9H,3,18H2,1-2H3. The van der Waals surface area contributed by atoms with Gasteiger partial charge in [0.05, 0.1) is 11.4 Å². The van der Waals surface area contributed by atoms with Crippen LogP contribution in [0.4, 0.5) is 25.8 Å². The van der Waals surface area contributed by atoms with Crippen molar-refractivity contribution in [2.75, 3.05) is 17.2 Å². The van der Waals surface area contributed by atoms with Crippen LogP contribution < -0.4 is 10.6 Å². The summed E-state index contributed by atoms with van der Waals surface area (Å²) >= 11 is 0. The summed E-state index contributed by atoms with van der Waals surface area (Å²) in [6.45, 7) is 4.44. The lowest BCUT2D eigenvalue weighted by Gasteiger charge is -2.25. The molecule has 4 heteroatoms. The van der Waals surface area contributed by atoms with Gasteiger partial charge in [0, 0.05) is 18.3 Å². The highest BCUT2D eigenvalue weighted by atomic mass is 19.1. The molecule has 2 rings (SSSR count). The molecular formula is C15H16F2N2. The Kier molecular flexibility index (Phi) is 3.69. The molecule has 0 fully saturated rings. The molecule has 0 bridgehead atoms. The van der Waals surface area contributed by atoms with E-state index in [1.54, 1.807) is 4.90 Å². The second kappa shape index (κ2) is 5.26. The fourth-order valence-corrected chi connectivity index (χ4v) is 2.08. The molecule has 0 atom stereocenters. The van der Waals surface area contributed by atoms with Crippen molar-refractivity contribution in [1.29, 1.82) is 0 Å². The van der Waals surface area contributed by atoms with E-state index in [1.807, 2.05) is 38.1 Å². The maximum Gasteiger partial charge on any atom is 0.151 e. The SMILES string of the molecule is CCN(c1cccc(C)c1)c1cc(F)cc(F)c1N. The van der Waals surface area contributed by atoms with Gasteiger partial charge in [0.15, 0.2) is 5.82 Å². The van der Waals surface area contributed by atoms with Gasteiger partial charge in [0.25, 0.3) is 0 Å². The molecule has 0 radical (unpaired) electrons. The first kappa shape index (κ1) is 13.3. The second-order valence-corrected chi connectivity index (χ2v) is 4.40. The van der Waals surface area contributed by atoms with Crippen LogP contribution in [-0.4, -0.2) is 6.54 Å². The van der Waals surface area contributed by atoms with Crippen LogP contribution in [0.1, 0.15) is 12.5 Å². The van der Waals surface area contributed by atoms with E-state index >= 15 is 0 Å². The highest BCUT2D eigenvalue weighted by Gasteiger charge is 2.15. The number of nitrogen functional groups attached to an aromatic ring is 1. The van der Waals surface area contributed by atoms with E-state index in [0.29, 0.717) is 12.2 Å². The van der Waals surface area contributed by atoms with Gasteiger partial charge in [-0.2, -0.15) is 0 Å². The van der Waals surface area contributed by atoms with Gasteiger partial charge in [-0.3, -0.25) is 0 Å². The molecule has 2 nitrogen and oxygen atoms in total. The zero-order chi connectivity index (χ0) is 14.0. The minimum atomic E-state index is -0.735. The monoisotopic (exact) mass is 262 g/mol. The Morgan fingerprint density at radius 3 is 2.53 bits per heavy atom. The van der Waals surface area contributed by atoms with Gasteiger partial charge in [-0.1, -0.05) is 12.1 Å². The quantitative estimate of drug-likeness (QED) is 0.847. The van der Waals surface area contributed by atoms with Crippen molar-refractivity contribution in [3.8, 4) is 0 Å². The van der Waals surface area contributed by atoms with Crippen LogP contribution in [-0.2, 0) is 0 Å². The van der Waals surface area contributed by atoms with Crippen molar-refractivity contribution >= 4 is 17.1 Å². The Morgan fingerprint density at radius 2 is 1.89 bits per heavy atom. The maximum absolute atomic E-state index is 13.5. The van der Waals surface area contributed by atoms with E-state index in [9.17, 15) is 8.78 Å². The number of benzene rings is 2. The fraction of sp³-hybridized carbons (Fsp3) is 0.200. The minimum Gasteiger partial charge on any atom is -0.395 e. The predicted molar refractivity (Wildman–Crippen MR) is 74.6 cm³/mol. The average molecular weight is 262 g/mol. The summed E-state index contributed by atoms with van der Waals surface area (Å²) in [6.07, 6.45) is 0. The van der Waals surface area contributed by atoms with Crippen molar-refractivity contribution < 1.29 is 8.78 Å². The van der Waals surface area contributed by atoms with Crippen molar-refractivity contribution in [3.63, 3.8) is 0 Å². The van der Waals surface area contributed by atoms with Crippen LogP contribution in [0.5, 0.6) is 0 Å². The van der Waals surface area contributed by atoms with Crippen LogP contribution in [0, 0.1) is 18.6 Å². The molecule has 0 aliphatic carbocycles. The first-order valence-corrected chi connectivity index (χ1v) is 6.11. The average Bonchev–Trinajstić information content (AvgIpc) is 2.36. The summed E-state index contributed by atoms with van der Waals surface area (Å²) in [5, 5.41) is 0. The molecular weight excluding hydrogens is 246 g/mol. The van der Waals surface area contributed by atoms with Crippen molar-refractivity contribution in [3.05, 3.63) is 53.6 Å². The summed E-state index contributed by atoms with van der Waals surface area (Å²) in [4.78, 5) is 1.79. The minimum absolute atomic E-state index is 0.0373. The van der Waals surface area contributed by atoms with Crippen molar-refractivity contribution in [2.24, 2.45) is 0 Å². The topological polar surface area (TPSA) is 29.3 Å². The summed E-state index contributed by atoms with van der Waals surface area (Å²) in [6, 6.07) is 9.75. The number of halogens is 2. The largest absolute Gasteiger partial charge is 0.395 e. The van der Waals surface area contributed by atoms with Gasteiger partial charge in [0.1, 0.15) is 5.82 Å². The Labute approximate surface area is 111 Å². The Morgan fingerprint density at radius 1 is 1.16 bits per heavy atom. The fourth-order valence-electron chi connectivity index (χ4n) is 2.08. The van der Waals surface area contributed by atoms with E-state index in [0.717, 1.165) is 17.3 Å². The lowest BCUT2D eigenvalue weighted by atomic mass is 10.1. The number of aryl methyl sites for hydroxylation is 1. The van der Waals surface area contributed by atoms with Gasteiger partial charge in [-0.25, -0.2) is 8.78 Å². The van der Waals surface area contributed by atoms with E-state index in [1.165, 1.54) is 6.07 Å². The van der Waals surface area contributed by atoms with Crippen molar-refractivity contribution in [1.82, 2.24) is 0 Å². The van der Waals surface area contributed by atoms with E-state index in [2.05, 4.69) is 0 Å². The number of rotatable bonds is 3. The lowest BCUT2D eigenvalue weighted by molar-refractivity contribution is 0.586. The molecule has 19 heavy (non-hydrogen) atoms. The first-order valence-electron chi connectivity index (χ1n) is 6.11. The second-order valence-electron chi connectivity index (χ2n) is 4.40. The number of nitrogens with zero attached hydrogens (tertiary/aromatic N) is 1. The number of hydrogen-bond donors (Lipinski definition) is 1. The van der Waals surface area contributed by atoms with Crippen molar-refractivity contribution in [2.45, 2.75) is 13.8 Å². The van der Waals surface area contributed by atoms with Crippen LogP contribution in [0.3, 0.4) is 0 Å². The molecule has 0 aliphatic heterocycles. The van der Waals surface area contributed by atoms with Gasteiger partial charge < -0.3 is 10.6 Å². The van der Waals surface area contributed by atoms with Crippen LogP contribution in [0.15, 0.2) is 36.4 Å². The Hall–Kier alpha value is -2.10. The summed E-state index contributed by atoms with van der Waals surface area (Å²) in [7, 11) is 0. The molecule has 0 spiro atoms. The van der Waals surface area contributed by atoms with Crippen LogP contribution >= 0.6 is 0 Å². The first-order chi connectivity index (χ1) is 9.02. The zero-order valence-corrected chi connectivity index (χ0v) is 11.0. The molecule has 0 saturated heterocycles. The third-order valence-corrected chi connectivity index (χ3v) is 2.99. The van der Waals surface area contributed by atoms with Crippen LogP contribution in [0.2, 0.25) is 0 Å². The molecule has 0 saturated carbocycles. The van der Waals surface area contributed by atoms with E-state index < -0.39 is 11.6 Å².